The Balaban J connectivity index is 1.96. The first kappa shape index (κ1) is 21.2. The Morgan fingerprint density at radius 1 is 0.821 bits per heavy atom. The van der Waals surface area contributed by atoms with Crippen molar-refractivity contribution in [2.75, 3.05) is 44.5 Å². The molecule has 150 valence electrons. The molecule has 0 aliphatic carbocycles. The highest BCUT2D eigenvalue weighted by Gasteiger charge is 2.16. The van der Waals surface area contributed by atoms with Gasteiger partial charge in [0.05, 0.1) is 38.7 Å². The standard InChI is InChI=1S/C21H27N3O4/c1-4-13-24(14-20(25)22-16-9-5-7-11-18(16)27-2)15-21(26)23-17-10-6-8-12-19(17)28-3/h5-12H,4,13-15H2,1-3H3,(H,22,25)(H,23,26). The summed E-state index contributed by atoms with van der Waals surface area (Å²) in [5.41, 5.74) is 1.20. The molecule has 0 spiro atoms. The van der Waals surface area contributed by atoms with Crippen LogP contribution in [0.25, 0.3) is 0 Å². The topological polar surface area (TPSA) is 79.9 Å². The van der Waals surface area contributed by atoms with Crippen LogP contribution in [0.3, 0.4) is 0 Å². The molecule has 0 aliphatic rings. The Kier molecular flexibility index (Phi) is 8.30. The number of rotatable bonds is 10. The van der Waals surface area contributed by atoms with Crippen LogP contribution in [-0.2, 0) is 9.59 Å². The van der Waals surface area contributed by atoms with Crippen molar-refractivity contribution in [3.63, 3.8) is 0 Å². The Morgan fingerprint density at radius 3 is 1.64 bits per heavy atom. The molecule has 2 amide bonds. The number of hydrogen-bond acceptors (Lipinski definition) is 5. The lowest BCUT2D eigenvalue weighted by molar-refractivity contribution is -0.120. The molecule has 0 saturated heterocycles. The van der Waals surface area contributed by atoms with E-state index >= 15 is 0 Å². The highest BCUT2D eigenvalue weighted by atomic mass is 16.5. The minimum Gasteiger partial charge on any atom is -0.495 e. The number of benzene rings is 2. The van der Waals surface area contributed by atoms with Crippen LogP contribution in [0, 0.1) is 0 Å². The van der Waals surface area contributed by atoms with Gasteiger partial charge >= 0.3 is 0 Å². The van der Waals surface area contributed by atoms with Crippen LogP contribution in [0.15, 0.2) is 48.5 Å². The zero-order valence-corrected chi connectivity index (χ0v) is 16.5. The monoisotopic (exact) mass is 385 g/mol. The molecule has 2 N–H and O–H groups in total. The summed E-state index contributed by atoms with van der Waals surface area (Å²) < 4.78 is 10.5. The fourth-order valence-corrected chi connectivity index (χ4v) is 2.81. The first-order chi connectivity index (χ1) is 13.6. The maximum Gasteiger partial charge on any atom is 0.238 e. The number of nitrogens with zero attached hydrogens (tertiary/aromatic N) is 1. The third-order valence-corrected chi connectivity index (χ3v) is 4.04. The number of methoxy groups -OCH3 is 2. The van der Waals surface area contributed by atoms with Crippen molar-refractivity contribution < 1.29 is 19.1 Å². The highest BCUT2D eigenvalue weighted by Crippen LogP contribution is 2.23. The second-order valence-electron chi connectivity index (χ2n) is 6.21. The number of para-hydroxylation sites is 4. The smallest absolute Gasteiger partial charge is 0.238 e. The van der Waals surface area contributed by atoms with Gasteiger partial charge in [0, 0.05) is 0 Å². The molecule has 7 nitrogen and oxygen atoms in total. The second-order valence-corrected chi connectivity index (χ2v) is 6.21. The molecular formula is C21H27N3O4. The maximum absolute atomic E-state index is 12.4. The van der Waals surface area contributed by atoms with Gasteiger partial charge in [-0.05, 0) is 37.2 Å². The van der Waals surface area contributed by atoms with Crippen molar-refractivity contribution in [1.82, 2.24) is 4.90 Å². The molecule has 0 aliphatic heterocycles. The van der Waals surface area contributed by atoms with Gasteiger partial charge in [-0.3, -0.25) is 14.5 Å². The fraction of sp³-hybridized carbons (Fsp3) is 0.333. The molecule has 0 radical (unpaired) electrons. The van der Waals surface area contributed by atoms with Gasteiger partial charge in [0.25, 0.3) is 0 Å². The average Bonchev–Trinajstić information content (AvgIpc) is 2.68. The van der Waals surface area contributed by atoms with Gasteiger partial charge in [0.1, 0.15) is 11.5 Å². The van der Waals surface area contributed by atoms with E-state index in [4.69, 9.17) is 9.47 Å². The Bertz CT molecular complexity index is 731. The molecular weight excluding hydrogens is 358 g/mol. The minimum atomic E-state index is -0.206. The fourth-order valence-electron chi connectivity index (χ4n) is 2.81. The molecule has 2 rings (SSSR count). The highest BCUT2D eigenvalue weighted by molar-refractivity contribution is 5.96. The summed E-state index contributed by atoms with van der Waals surface area (Å²) in [4.78, 5) is 26.7. The molecule has 7 heteroatoms. The van der Waals surface area contributed by atoms with Crippen LogP contribution >= 0.6 is 0 Å². The Labute approximate surface area is 165 Å². The number of nitrogens with one attached hydrogen (secondary N) is 2. The third kappa shape index (κ3) is 6.28. The van der Waals surface area contributed by atoms with Crippen molar-refractivity contribution in [3.8, 4) is 11.5 Å². The van der Waals surface area contributed by atoms with Crippen LogP contribution in [-0.4, -0.2) is 50.6 Å². The van der Waals surface area contributed by atoms with Gasteiger partial charge in [-0.15, -0.1) is 0 Å². The van der Waals surface area contributed by atoms with E-state index in [1.165, 1.54) is 0 Å². The molecule has 0 unspecified atom stereocenters. The number of ether oxygens (including phenoxy) is 2. The number of carbonyl (C=O) groups excluding carboxylic acids is 2. The molecule has 0 fully saturated rings. The van der Waals surface area contributed by atoms with Gasteiger partial charge in [-0.1, -0.05) is 31.2 Å². The van der Waals surface area contributed by atoms with Crippen molar-refractivity contribution in [1.29, 1.82) is 0 Å². The van der Waals surface area contributed by atoms with Crippen LogP contribution < -0.4 is 20.1 Å². The van der Waals surface area contributed by atoms with Gasteiger partial charge in [-0.25, -0.2) is 0 Å². The Hall–Kier alpha value is -3.06. The zero-order valence-electron chi connectivity index (χ0n) is 16.5. The van der Waals surface area contributed by atoms with E-state index in [9.17, 15) is 9.59 Å². The zero-order chi connectivity index (χ0) is 20.4. The van der Waals surface area contributed by atoms with E-state index in [0.29, 0.717) is 29.4 Å². The van der Waals surface area contributed by atoms with Crippen molar-refractivity contribution in [2.45, 2.75) is 13.3 Å². The van der Waals surface area contributed by atoms with Crippen LogP contribution in [0.5, 0.6) is 11.5 Å². The van der Waals surface area contributed by atoms with E-state index in [-0.39, 0.29) is 24.9 Å². The molecule has 0 bridgehead atoms. The largest absolute Gasteiger partial charge is 0.495 e. The van der Waals surface area contributed by atoms with E-state index in [1.54, 1.807) is 43.4 Å². The molecule has 28 heavy (non-hydrogen) atoms. The normalized spacial score (nSPS) is 10.4. The first-order valence-corrected chi connectivity index (χ1v) is 9.15. The van der Waals surface area contributed by atoms with Gasteiger partial charge in [0.2, 0.25) is 11.8 Å². The van der Waals surface area contributed by atoms with Gasteiger partial charge in [0.15, 0.2) is 0 Å². The lowest BCUT2D eigenvalue weighted by atomic mass is 10.2. The molecule has 2 aromatic rings. The van der Waals surface area contributed by atoms with Gasteiger partial charge < -0.3 is 20.1 Å². The number of amides is 2. The average molecular weight is 385 g/mol. The first-order valence-electron chi connectivity index (χ1n) is 9.15. The Morgan fingerprint density at radius 2 is 1.25 bits per heavy atom. The predicted octanol–water partition coefficient (Wildman–Crippen LogP) is 2.99. The summed E-state index contributed by atoms with van der Waals surface area (Å²) in [5, 5.41) is 5.67. The van der Waals surface area contributed by atoms with E-state index in [0.717, 1.165) is 6.42 Å². The van der Waals surface area contributed by atoms with E-state index in [1.807, 2.05) is 31.2 Å². The molecule has 2 aromatic carbocycles. The summed E-state index contributed by atoms with van der Waals surface area (Å²) in [7, 11) is 3.10. The minimum absolute atomic E-state index is 0.102. The summed E-state index contributed by atoms with van der Waals surface area (Å²) in [6, 6.07) is 14.4. The predicted molar refractivity (Wildman–Crippen MR) is 110 cm³/mol. The molecule has 0 saturated carbocycles. The summed E-state index contributed by atoms with van der Waals surface area (Å²) in [6.45, 7) is 2.83. The van der Waals surface area contributed by atoms with Crippen molar-refractivity contribution in [3.05, 3.63) is 48.5 Å². The lowest BCUT2D eigenvalue weighted by Gasteiger charge is -2.21. The molecule has 0 atom stereocenters. The van der Waals surface area contributed by atoms with Crippen LogP contribution in [0.2, 0.25) is 0 Å². The molecule has 0 aromatic heterocycles. The van der Waals surface area contributed by atoms with Crippen molar-refractivity contribution in [2.24, 2.45) is 0 Å². The van der Waals surface area contributed by atoms with Crippen molar-refractivity contribution >= 4 is 23.2 Å². The maximum atomic E-state index is 12.4. The summed E-state index contributed by atoms with van der Waals surface area (Å²) in [6.07, 6.45) is 0.823. The number of anilines is 2. The quantitative estimate of drug-likeness (QED) is 0.657. The van der Waals surface area contributed by atoms with Crippen LogP contribution in [0.4, 0.5) is 11.4 Å². The van der Waals surface area contributed by atoms with E-state index < -0.39 is 0 Å². The molecule has 0 heterocycles. The number of hydrogen-bond donors (Lipinski definition) is 2. The van der Waals surface area contributed by atoms with Crippen LogP contribution in [0.1, 0.15) is 13.3 Å². The third-order valence-electron chi connectivity index (χ3n) is 4.04. The lowest BCUT2D eigenvalue weighted by Crippen LogP contribution is -2.39. The summed E-state index contributed by atoms with van der Waals surface area (Å²) in [5.74, 6) is 0.768. The van der Waals surface area contributed by atoms with E-state index in [2.05, 4.69) is 10.6 Å². The summed E-state index contributed by atoms with van der Waals surface area (Å²) >= 11 is 0. The second kappa shape index (κ2) is 10.9. The number of carbonyl (C=O) groups is 2. The van der Waals surface area contributed by atoms with Gasteiger partial charge in [-0.2, -0.15) is 0 Å². The SMILES string of the molecule is CCCN(CC(=O)Nc1ccccc1OC)CC(=O)Nc1ccccc1OC.